The molecule has 1 fully saturated rings. The van der Waals surface area contributed by atoms with Gasteiger partial charge in [-0.25, -0.2) is 22.3 Å². The molecule has 1 atom stereocenters. The molecule has 21 heavy (non-hydrogen) atoms. The van der Waals surface area contributed by atoms with Crippen LogP contribution < -0.4 is 4.72 Å². The normalized spacial score (nSPS) is 19.4. The fourth-order valence-corrected chi connectivity index (χ4v) is 3.18. The summed E-state index contributed by atoms with van der Waals surface area (Å²) in [4.78, 5) is 10.6. The van der Waals surface area contributed by atoms with Crippen LogP contribution in [-0.2, 0) is 14.8 Å². The summed E-state index contributed by atoms with van der Waals surface area (Å²) in [6, 6.07) is 2.67. The second kappa shape index (κ2) is 6.50. The molecule has 0 bridgehead atoms. The van der Waals surface area contributed by atoms with Gasteiger partial charge in [0.15, 0.2) is 0 Å². The molecule has 116 valence electrons. The largest absolute Gasteiger partial charge is 0.478 e. The van der Waals surface area contributed by atoms with E-state index in [2.05, 4.69) is 4.72 Å². The van der Waals surface area contributed by atoms with Crippen molar-refractivity contribution in [1.82, 2.24) is 4.72 Å². The summed E-state index contributed by atoms with van der Waals surface area (Å²) in [6.07, 6.45) is 2.52. The molecule has 0 spiro atoms. The molecule has 8 heteroatoms. The summed E-state index contributed by atoms with van der Waals surface area (Å²) < 4.78 is 45.2. The highest BCUT2D eigenvalue weighted by atomic mass is 32.2. The third kappa shape index (κ3) is 3.99. The molecule has 0 amide bonds. The van der Waals surface area contributed by atoms with Crippen molar-refractivity contribution in [2.24, 2.45) is 0 Å². The van der Waals surface area contributed by atoms with Gasteiger partial charge in [-0.2, -0.15) is 0 Å². The van der Waals surface area contributed by atoms with E-state index in [9.17, 15) is 17.6 Å². The molecular formula is C13H16FNO5S. The van der Waals surface area contributed by atoms with Crippen LogP contribution in [0.4, 0.5) is 4.39 Å². The zero-order valence-electron chi connectivity index (χ0n) is 11.2. The number of hydrogen-bond donors (Lipinski definition) is 2. The van der Waals surface area contributed by atoms with Gasteiger partial charge in [0.05, 0.1) is 16.6 Å². The van der Waals surface area contributed by atoms with Crippen LogP contribution >= 0.6 is 0 Å². The van der Waals surface area contributed by atoms with E-state index in [1.54, 1.807) is 0 Å². The number of nitrogens with one attached hydrogen (secondary N) is 1. The van der Waals surface area contributed by atoms with Crippen LogP contribution in [0.1, 0.15) is 29.6 Å². The Hall–Kier alpha value is -1.51. The van der Waals surface area contributed by atoms with Gasteiger partial charge in [0.2, 0.25) is 10.0 Å². The topological polar surface area (TPSA) is 92.7 Å². The lowest BCUT2D eigenvalue weighted by atomic mass is 10.1. The Morgan fingerprint density at radius 2 is 2.19 bits per heavy atom. The van der Waals surface area contributed by atoms with Gasteiger partial charge in [-0.1, -0.05) is 0 Å². The molecule has 2 rings (SSSR count). The van der Waals surface area contributed by atoms with Crippen molar-refractivity contribution in [2.75, 3.05) is 13.2 Å². The monoisotopic (exact) mass is 317 g/mol. The summed E-state index contributed by atoms with van der Waals surface area (Å²) in [6.45, 7) is 0.716. The lowest BCUT2D eigenvalue weighted by Gasteiger charge is -2.22. The van der Waals surface area contributed by atoms with Crippen LogP contribution in [0, 0.1) is 5.82 Å². The molecule has 2 N–H and O–H groups in total. The Labute approximate surface area is 122 Å². The van der Waals surface area contributed by atoms with Gasteiger partial charge in [-0.3, -0.25) is 0 Å². The van der Waals surface area contributed by atoms with Crippen LogP contribution in [-0.4, -0.2) is 38.7 Å². The third-order valence-electron chi connectivity index (χ3n) is 3.25. The smallest absolute Gasteiger partial charge is 0.338 e. The maximum Gasteiger partial charge on any atom is 0.338 e. The molecule has 1 aromatic rings. The van der Waals surface area contributed by atoms with Crippen LogP contribution in [0.15, 0.2) is 23.1 Å². The summed E-state index contributed by atoms with van der Waals surface area (Å²) in [5, 5.41) is 8.81. The predicted molar refractivity (Wildman–Crippen MR) is 72.1 cm³/mol. The highest BCUT2D eigenvalue weighted by Crippen LogP contribution is 2.16. The SMILES string of the molecule is O=C(O)c1cc(S(=O)(=O)NCC2CCCCO2)ccc1F. The fraction of sp³-hybridized carbons (Fsp3) is 0.462. The number of rotatable bonds is 5. The summed E-state index contributed by atoms with van der Waals surface area (Å²) in [7, 11) is -3.89. The first-order chi connectivity index (χ1) is 9.90. The molecule has 1 aliphatic heterocycles. The van der Waals surface area contributed by atoms with Crippen molar-refractivity contribution < 1.29 is 27.4 Å². The zero-order valence-corrected chi connectivity index (χ0v) is 12.0. The molecule has 0 radical (unpaired) electrons. The minimum atomic E-state index is -3.89. The second-order valence-electron chi connectivity index (χ2n) is 4.79. The Morgan fingerprint density at radius 1 is 1.43 bits per heavy atom. The quantitative estimate of drug-likeness (QED) is 0.855. The van der Waals surface area contributed by atoms with E-state index in [-0.39, 0.29) is 17.5 Å². The van der Waals surface area contributed by atoms with Crippen molar-refractivity contribution >= 4 is 16.0 Å². The van der Waals surface area contributed by atoms with Gasteiger partial charge in [0, 0.05) is 13.2 Å². The molecular weight excluding hydrogens is 301 g/mol. The van der Waals surface area contributed by atoms with E-state index < -0.39 is 27.4 Å². The summed E-state index contributed by atoms with van der Waals surface area (Å²) in [5.74, 6) is -2.49. The number of benzene rings is 1. The Bertz CT molecular complexity index is 625. The number of carbonyl (C=O) groups is 1. The first kappa shape index (κ1) is 15.9. The van der Waals surface area contributed by atoms with Crippen molar-refractivity contribution in [1.29, 1.82) is 0 Å². The van der Waals surface area contributed by atoms with Crippen LogP contribution in [0.5, 0.6) is 0 Å². The first-order valence-electron chi connectivity index (χ1n) is 6.54. The van der Waals surface area contributed by atoms with E-state index in [0.717, 1.165) is 37.5 Å². The molecule has 6 nitrogen and oxygen atoms in total. The highest BCUT2D eigenvalue weighted by Gasteiger charge is 2.21. The van der Waals surface area contributed by atoms with Gasteiger partial charge < -0.3 is 9.84 Å². The molecule has 1 aromatic carbocycles. The minimum Gasteiger partial charge on any atom is -0.478 e. The van der Waals surface area contributed by atoms with Crippen molar-refractivity contribution in [3.05, 3.63) is 29.6 Å². The zero-order chi connectivity index (χ0) is 15.5. The van der Waals surface area contributed by atoms with Crippen molar-refractivity contribution in [3.8, 4) is 0 Å². The molecule has 0 saturated carbocycles. The number of hydrogen-bond acceptors (Lipinski definition) is 4. The number of aromatic carboxylic acids is 1. The van der Waals surface area contributed by atoms with E-state index in [0.29, 0.717) is 6.61 Å². The standard InChI is InChI=1S/C13H16FNO5S/c14-12-5-4-10(7-11(12)13(16)17)21(18,19)15-8-9-3-1-2-6-20-9/h4-5,7,9,15H,1-3,6,8H2,(H,16,17). The molecule has 1 unspecified atom stereocenters. The van der Waals surface area contributed by atoms with E-state index >= 15 is 0 Å². The fourth-order valence-electron chi connectivity index (χ4n) is 2.09. The van der Waals surface area contributed by atoms with Gasteiger partial charge in [0.25, 0.3) is 0 Å². The highest BCUT2D eigenvalue weighted by molar-refractivity contribution is 7.89. The van der Waals surface area contributed by atoms with Crippen LogP contribution in [0.3, 0.4) is 0 Å². The molecule has 1 aliphatic rings. The van der Waals surface area contributed by atoms with Gasteiger partial charge in [-0.15, -0.1) is 0 Å². The predicted octanol–water partition coefficient (Wildman–Crippen LogP) is 1.37. The van der Waals surface area contributed by atoms with Crippen LogP contribution in [0.2, 0.25) is 0 Å². The number of ether oxygens (including phenoxy) is 1. The molecule has 0 aromatic heterocycles. The average Bonchev–Trinajstić information content (AvgIpc) is 2.46. The van der Waals surface area contributed by atoms with Crippen molar-refractivity contribution in [2.45, 2.75) is 30.3 Å². The summed E-state index contributed by atoms with van der Waals surface area (Å²) >= 11 is 0. The maximum atomic E-state index is 13.3. The lowest BCUT2D eigenvalue weighted by Crippen LogP contribution is -2.35. The Balaban J connectivity index is 2.11. The molecule has 1 saturated heterocycles. The average molecular weight is 317 g/mol. The number of carboxylic acids is 1. The third-order valence-corrected chi connectivity index (χ3v) is 4.67. The van der Waals surface area contributed by atoms with E-state index in [1.807, 2.05) is 0 Å². The first-order valence-corrected chi connectivity index (χ1v) is 8.02. The van der Waals surface area contributed by atoms with Gasteiger partial charge in [-0.05, 0) is 37.5 Å². The Kier molecular flexibility index (Phi) is 4.92. The molecule has 1 heterocycles. The van der Waals surface area contributed by atoms with Crippen LogP contribution in [0.25, 0.3) is 0 Å². The van der Waals surface area contributed by atoms with E-state index in [4.69, 9.17) is 9.84 Å². The number of carboxylic acid groups (broad SMARTS) is 1. The van der Waals surface area contributed by atoms with Crippen molar-refractivity contribution in [3.63, 3.8) is 0 Å². The second-order valence-corrected chi connectivity index (χ2v) is 6.55. The molecule has 0 aliphatic carbocycles. The van der Waals surface area contributed by atoms with Gasteiger partial charge in [0.1, 0.15) is 5.82 Å². The minimum absolute atomic E-state index is 0.113. The van der Waals surface area contributed by atoms with Gasteiger partial charge >= 0.3 is 5.97 Å². The number of sulfonamides is 1. The van der Waals surface area contributed by atoms with E-state index in [1.165, 1.54) is 0 Å². The maximum absolute atomic E-state index is 13.3. The Morgan fingerprint density at radius 3 is 2.81 bits per heavy atom. The lowest BCUT2D eigenvalue weighted by molar-refractivity contribution is 0.0200. The number of halogens is 1. The summed E-state index contributed by atoms with van der Waals surface area (Å²) in [5.41, 5.74) is -0.674.